The molecule has 0 spiro atoms. The molecule has 0 bridgehead atoms. The van der Waals surface area contributed by atoms with E-state index in [4.69, 9.17) is 5.41 Å². The largest absolute Gasteiger partial charge is 0.388 e. The summed E-state index contributed by atoms with van der Waals surface area (Å²) in [7, 11) is -1.66. The molecule has 0 fully saturated rings. The highest BCUT2D eigenvalue weighted by molar-refractivity contribution is 6.84. The predicted molar refractivity (Wildman–Crippen MR) is 61.2 cm³/mol. The van der Waals surface area contributed by atoms with Crippen molar-refractivity contribution < 1.29 is 5.11 Å². The highest BCUT2D eigenvalue weighted by atomic mass is 28.3. The molecule has 0 amide bonds. The summed E-state index contributed by atoms with van der Waals surface area (Å²) >= 11 is 0. The van der Waals surface area contributed by atoms with Crippen LogP contribution >= 0.6 is 0 Å². The molecule has 0 radical (unpaired) electrons. The van der Waals surface area contributed by atoms with Crippen molar-refractivity contribution in [3.63, 3.8) is 0 Å². The van der Waals surface area contributed by atoms with Crippen LogP contribution in [0.5, 0.6) is 0 Å². The molecule has 1 unspecified atom stereocenters. The minimum absolute atomic E-state index is 0.693. The van der Waals surface area contributed by atoms with Gasteiger partial charge in [-0.15, -0.1) is 0 Å². The Bertz CT molecular complexity index is 160. The first-order valence-electron chi connectivity index (χ1n) is 5.29. The molecule has 0 rings (SSSR count). The van der Waals surface area contributed by atoms with Crippen molar-refractivity contribution in [3.05, 3.63) is 0 Å². The number of nitrogens with one attached hydrogen (secondary N) is 1. The van der Waals surface area contributed by atoms with Gasteiger partial charge in [0.15, 0.2) is 0 Å². The summed E-state index contributed by atoms with van der Waals surface area (Å²) < 4.78 is 0. The topological polar surface area (TPSA) is 44.1 Å². The normalized spacial score (nSPS) is 16.7. The van der Waals surface area contributed by atoms with E-state index in [9.17, 15) is 5.11 Å². The minimum Gasteiger partial charge on any atom is -0.388 e. The molecule has 2 nitrogen and oxygen atoms in total. The van der Waals surface area contributed by atoms with Crippen LogP contribution in [0.1, 0.15) is 34.1 Å². The minimum atomic E-state index is -1.66. The lowest BCUT2D eigenvalue weighted by Crippen LogP contribution is -2.58. The molecule has 0 aromatic carbocycles. The van der Waals surface area contributed by atoms with Crippen molar-refractivity contribution in [2.24, 2.45) is 0 Å². The molecule has 1 atom stereocenters. The van der Waals surface area contributed by atoms with Crippen molar-refractivity contribution in [1.82, 2.24) is 0 Å². The Morgan fingerprint density at radius 1 is 1.15 bits per heavy atom. The summed E-state index contributed by atoms with van der Waals surface area (Å²) in [5, 5.41) is 17.0. The molecular weight excluding hydrogens is 178 g/mol. The third kappa shape index (κ3) is 2.02. The van der Waals surface area contributed by atoms with Gasteiger partial charge in [-0.05, 0) is 6.42 Å². The highest BCUT2D eigenvalue weighted by Gasteiger charge is 2.45. The monoisotopic (exact) mass is 201 g/mol. The zero-order valence-corrected chi connectivity index (χ0v) is 10.4. The standard InChI is InChI=1S/C10H23NOSi/c1-5-10(12,9-11)13(6-2,7-3)8-4/h9,11-12H,5-8H2,1-4H3. The van der Waals surface area contributed by atoms with E-state index in [0.29, 0.717) is 6.42 Å². The van der Waals surface area contributed by atoms with E-state index in [-0.39, 0.29) is 0 Å². The highest BCUT2D eigenvalue weighted by Crippen LogP contribution is 2.33. The Balaban J connectivity index is 4.98. The second-order valence-electron chi connectivity index (χ2n) is 3.76. The third-order valence-electron chi connectivity index (χ3n) is 3.73. The number of aliphatic hydroxyl groups is 1. The van der Waals surface area contributed by atoms with Gasteiger partial charge in [0.05, 0.1) is 13.3 Å². The van der Waals surface area contributed by atoms with Gasteiger partial charge in [0.25, 0.3) is 0 Å². The van der Waals surface area contributed by atoms with Gasteiger partial charge in [-0.2, -0.15) is 0 Å². The van der Waals surface area contributed by atoms with E-state index < -0.39 is 13.3 Å². The summed E-state index contributed by atoms with van der Waals surface area (Å²) in [5.74, 6) is 0. The number of rotatable bonds is 6. The fourth-order valence-electron chi connectivity index (χ4n) is 2.30. The average molecular weight is 201 g/mol. The van der Waals surface area contributed by atoms with Gasteiger partial charge in [0.2, 0.25) is 0 Å². The van der Waals surface area contributed by atoms with E-state index in [0.717, 1.165) is 18.1 Å². The second-order valence-corrected chi connectivity index (χ2v) is 9.31. The Morgan fingerprint density at radius 2 is 1.54 bits per heavy atom. The van der Waals surface area contributed by atoms with E-state index in [1.807, 2.05) is 6.92 Å². The fourth-order valence-corrected chi connectivity index (χ4v) is 6.69. The van der Waals surface area contributed by atoms with Gasteiger partial charge in [-0.3, -0.25) is 0 Å². The lowest BCUT2D eigenvalue weighted by molar-refractivity contribution is 0.182. The maximum absolute atomic E-state index is 10.4. The fraction of sp³-hybridized carbons (Fsp3) is 0.900. The van der Waals surface area contributed by atoms with E-state index >= 15 is 0 Å². The zero-order valence-electron chi connectivity index (χ0n) is 9.35. The smallest absolute Gasteiger partial charge is 0.0972 e. The Kier molecular flexibility index (Phi) is 4.85. The molecule has 0 saturated carbocycles. The van der Waals surface area contributed by atoms with E-state index in [2.05, 4.69) is 20.8 Å². The van der Waals surface area contributed by atoms with Gasteiger partial charge in [0, 0.05) is 6.21 Å². The maximum Gasteiger partial charge on any atom is 0.0972 e. The van der Waals surface area contributed by atoms with Gasteiger partial charge >= 0.3 is 0 Å². The summed E-state index contributed by atoms with van der Waals surface area (Å²) in [5.41, 5.74) is 0. The molecule has 3 heteroatoms. The Hall–Kier alpha value is -0.153. The molecule has 0 aromatic rings. The molecule has 0 aliphatic rings. The van der Waals surface area contributed by atoms with Crippen LogP contribution in [-0.2, 0) is 0 Å². The molecule has 13 heavy (non-hydrogen) atoms. The van der Waals surface area contributed by atoms with Gasteiger partial charge in [0.1, 0.15) is 0 Å². The summed E-state index contributed by atoms with van der Waals surface area (Å²) in [6, 6.07) is 3.21. The first kappa shape index (κ1) is 12.8. The first-order chi connectivity index (χ1) is 6.05. The van der Waals surface area contributed by atoms with Crippen LogP contribution in [0.3, 0.4) is 0 Å². The van der Waals surface area contributed by atoms with Crippen LogP contribution in [-0.4, -0.2) is 24.6 Å². The van der Waals surface area contributed by atoms with Gasteiger partial charge in [-0.1, -0.05) is 45.8 Å². The average Bonchev–Trinajstić information content (AvgIpc) is 2.20. The third-order valence-corrected chi connectivity index (χ3v) is 10.1. The van der Waals surface area contributed by atoms with Gasteiger partial charge in [-0.25, -0.2) is 0 Å². The summed E-state index contributed by atoms with van der Waals surface area (Å²) in [6.45, 7) is 8.45. The van der Waals surface area contributed by atoms with Crippen LogP contribution in [0.15, 0.2) is 0 Å². The Labute approximate surface area is 82.9 Å². The second kappa shape index (κ2) is 4.91. The van der Waals surface area contributed by atoms with Crippen LogP contribution in [0.4, 0.5) is 0 Å². The summed E-state index contributed by atoms with van der Waals surface area (Å²) in [6.07, 6.45) is 1.98. The lowest BCUT2D eigenvalue weighted by atomic mass is 10.3. The van der Waals surface area contributed by atoms with Crippen molar-refractivity contribution in [3.8, 4) is 0 Å². The molecule has 0 heterocycles. The van der Waals surface area contributed by atoms with Crippen LogP contribution in [0, 0.1) is 5.41 Å². The van der Waals surface area contributed by atoms with Gasteiger partial charge < -0.3 is 10.5 Å². The maximum atomic E-state index is 10.4. The Morgan fingerprint density at radius 3 is 1.62 bits per heavy atom. The van der Waals surface area contributed by atoms with Crippen LogP contribution in [0.2, 0.25) is 18.1 Å². The molecule has 0 aliphatic carbocycles. The molecule has 2 N–H and O–H groups in total. The molecule has 0 aromatic heterocycles. The number of hydrogen-bond acceptors (Lipinski definition) is 2. The van der Waals surface area contributed by atoms with Crippen molar-refractivity contribution >= 4 is 14.3 Å². The van der Waals surface area contributed by atoms with E-state index in [1.54, 1.807) is 0 Å². The SMILES string of the molecule is CCC(O)(C=N)[Si](CC)(CC)CC. The lowest BCUT2D eigenvalue weighted by Gasteiger charge is -2.41. The quantitative estimate of drug-likeness (QED) is 0.504. The molecule has 0 saturated heterocycles. The van der Waals surface area contributed by atoms with Crippen LogP contribution < -0.4 is 0 Å². The van der Waals surface area contributed by atoms with Crippen molar-refractivity contribution in [1.29, 1.82) is 5.41 Å². The molecular formula is C10H23NOSi. The first-order valence-corrected chi connectivity index (χ1v) is 7.91. The van der Waals surface area contributed by atoms with Crippen LogP contribution in [0.25, 0.3) is 0 Å². The summed E-state index contributed by atoms with van der Waals surface area (Å²) in [4.78, 5) is 0. The predicted octanol–water partition coefficient (Wildman–Crippen LogP) is 2.82. The van der Waals surface area contributed by atoms with Crippen molar-refractivity contribution in [2.75, 3.05) is 0 Å². The zero-order chi connectivity index (χ0) is 10.5. The molecule has 0 aliphatic heterocycles. The van der Waals surface area contributed by atoms with Crippen molar-refractivity contribution in [2.45, 2.75) is 57.5 Å². The van der Waals surface area contributed by atoms with E-state index in [1.165, 1.54) is 6.21 Å². The molecule has 78 valence electrons. The number of hydrogen-bond donors (Lipinski definition) is 2.